The van der Waals surface area contributed by atoms with Crippen LogP contribution in [0.2, 0.25) is 0 Å². The van der Waals surface area contributed by atoms with Gasteiger partial charge in [0.1, 0.15) is 11.5 Å². The van der Waals surface area contributed by atoms with E-state index in [0.29, 0.717) is 31.0 Å². The number of hydrogen-bond acceptors (Lipinski definition) is 4. The summed E-state index contributed by atoms with van der Waals surface area (Å²) in [6.45, 7) is 0.943. The van der Waals surface area contributed by atoms with Crippen molar-refractivity contribution in [3.05, 3.63) is 29.8 Å². The van der Waals surface area contributed by atoms with Crippen molar-refractivity contribution in [1.29, 1.82) is 0 Å². The van der Waals surface area contributed by atoms with E-state index in [1.54, 1.807) is 31.3 Å². The maximum absolute atomic E-state index is 12.1. The molecule has 6 nitrogen and oxygen atoms in total. The monoisotopic (exact) mass is 304 g/mol. The number of ether oxygens (including phenoxy) is 2. The molecule has 0 aromatic heterocycles. The quantitative estimate of drug-likeness (QED) is 0.824. The Hall–Kier alpha value is -2.50. The van der Waals surface area contributed by atoms with Crippen LogP contribution in [0.3, 0.4) is 0 Å². The zero-order valence-electron chi connectivity index (χ0n) is 12.7. The van der Waals surface area contributed by atoms with Crippen LogP contribution in [0.4, 0.5) is 0 Å². The van der Waals surface area contributed by atoms with E-state index < -0.39 is 0 Å². The third-order valence-corrected chi connectivity index (χ3v) is 3.69. The van der Waals surface area contributed by atoms with Gasteiger partial charge < -0.3 is 20.1 Å². The average molecular weight is 304 g/mol. The molecule has 118 valence electrons. The number of rotatable bonds is 5. The lowest BCUT2D eigenvalue weighted by atomic mass is 10.1. The Morgan fingerprint density at radius 3 is 2.36 bits per heavy atom. The molecular formula is C16H20N2O4. The van der Waals surface area contributed by atoms with Crippen LogP contribution in [0, 0.1) is 5.92 Å². The lowest BCUT2D eigenvalue weighted by molar-refractivity contribution is -0.125. The van der Waals surface area contributed by atoms with E-state index in [4.69, 9.17) is 15.2 Å². The second-order valence-electron chi connectivity index (χ2n) is 5.15. The van der Waals surface area contributed by atoms with E-state index in [-0.39, 0.29) is 17.7 Å². The zero-order chi connectivity index (χ0) is 16.1. The molecule has 1 fully saturated rings. The number of carbonyl (C=O) groups excluding carboxylic acids is 2. The first-order valence-electron chi connectivity index (χ1n) is 7.03. The second-order valence-corrected chi connectivity index (χ2v) is 5.15. The van der Waals surface area contributed by atoms with Crippen molar-refractivity contribution in [2.45, 2.75) is 6.42 Å². The van der Waals surface area contributed by atoms with Crippen molar-refractivity contribution >= 4 is 17.9 Å². The van der Waals surface area contributed by atoms with Crippen LogP contribution in [0.25, 0.3) is 6.08 Å². The van der Waals surface area contributed by atoms with Gasteiger partial charge in [-0.05, 0) is 30.2 Å². The number of carbonyl (C=O) groups is 2. The zero-order valence-corrected chi connectivity index (χ0v) is 12.7. The molecule has 1 aromatic rings. The van der Waals surface area contributed by atoms with Crippen LogP contribution in [0.5, 0.6) is 11.5 Å². The van der Waals surface area contributed by atoms with Crippen LogP contribution in [0.15, 0.2) is 24.3 Å². The molecule has 2 rings (SSSR count). The molecule has 0 radical (unpaired) electrons. The highest BCUT2D eigenvalue weighted by Gasteiger charge is 2.28. The smallest absolute Gasteiger partial charge is 0.246 e. The topological polar surface area (TPSA) is 81.9 Å². The van der Waals surface area contributed by atoms with Gasteiger partial charge in [0, 0.05) is 25.2 Å². The Kier molecular flexibility index (Phi) is 5.04. The summed E-state index contributed by atoms with van der Waals surface area (Å²) in [6, 6.07) is 5.38. The Labute approximate surface area is 129 Å². The van der Waals surface area contributed by atoms with Gasteiger partial charge in [0.05, 0.1) is 20.1 Å². The minimum absolute atomic E-state index is 0.134. The van der Waals surface area contributed by atoms with E-state index >= 15 is 0 Å². The minimum atomic E-state index is -0.350. The molecule has 1 aromatic carbocycles. The molecule has 1 heterocycles. The predicted molar refractivity (Wildman–Crippen MR) is 82.5 cm³/mol. The van der Waals surface area contributed by atoms with Crippen molar-refractivity contribution in [3.8, 4) is 11.5 Å². The van der Waals surface area contributed by atoms with Crippen LogP contribution >= 0.6 is 0 Å². The lowest BCUT2D eigenvalue weighted by Crippen LogP contribution is -2.30. The normalized spacial score (nSPS) is 17.7. The van der Waals surface area contributed by atoms with Gasteiger partial charge in [-0.3, -0.25) is 9.59 Å². The van der Waals surface area contributed by atoms with Crippen LogP contribution < -0.4 is 15.2 Å². The molecule has 0 saturated carbocycles. The average Bonchev–Trinajstić information content (AvgIpc) is 3.02. The molecule has 1 aliphatic heterocycles. The summed E-state index contributed by atoms with van der Waals surface area (Å²) in [7, 11) is 3.14. The van der Waals surface area contributed by atoms with Gasteiger partial charge >= 0.3 is 0 Å². The molecule has 1 atom stereocenters. The summed E-state index contributed by atoms with van der Waals surface area (Å²) in [5.74, 6) is 0.583. The largest absolute Gasteiger partial charge is 0.497 e. The first kappa shape index (κ1) is 15.9. The standard InChI is InChI=1S/C16H20N2O4/c1-21-13-7-11(8-14(9-13)22-2)3-4-15(19)18-6-5-12(10-18)16(17)20/h3-4,7-9,12H,5-6,10H2,1-2H3,(H2,17,20)/b4-3-/t12-/m1/s1. The van der Waals surface area contributed by atoms with Gasteiger partial charge in [-0.25, -0.2) is 0 Å². The summed E-state index contributed by atoms with van der Waals surface area (Å²) < 4.78 is 10.4. The van der Waals surface area contributed by atoms with Crippen molar-refractivity contribution < 1.29 is 19.1 Å². The van der Waals surface area contributed by atoms with Gasteiger partial charge in [0.2, 0.25) is 11.8 Å². The molecular weight excluding hydrogens is 284 g/mol. The third kappa shape index (κ3) is 3.78. The molecule has 6 heteroatoms. The SMILES string of the molecule is COc1cc(/C=C\C(=O)N2CC[C@@H](C(N)=O)C2)cc(OC)c1. The number of amides is 2. The van der Waals surface area contributed by atoms with Gasteiger partial charge in [0.15, 0.2) is 0 Å². The molecule has 1 saturated heterocycles. The van der Waals surface area contributed by atoms with Gasteiger partial charge in [-0.1, -0.05) is 0 Å². The molecule has 0 unspecified atom stereocenters. The van der Waals surface area contributed by atoms with Gasteiger partial charge in [-0.15, -0.1) is 0 Å². The Morgan fingerprint density at radius 2 is 1.86 bits per heavy atom. The van der Waals surface area contributed by atoms with E-state index in [1.165, 1.54) is 6.08 Å². The highest BCUT2D eigenvalue weighted by molar-refractivity contribution is 5.92. The van der Waals surface area contributed by atoms with Crippen molar-refractivity contribution in [2.75, 3.05) is 27.3 Å². The first-order chi connectivity index (χ1) is 10.5. The van der Waals surface area contributed by atoms with Gasteiger partial charge in [-0.2, -0.15) is 0 Å². The third-order valence-electron chi connectivity index (χ3n) is 3.69. The van der Waals surface area contributed by atoms with E-state index in [1.807, 2.05) is 12.1 Å². The summed E-state index contributed by atoms with van der Waals surface area (Å²) in [4.78, 5) is 24.9. The second kappa shape index (κ2) is 6.98. The molecule has 0 spiro atoms. The number of benzene rings is 1. The number of nitrogens with two attached hydrogens (primary N) is 1. The fourth-order valence-electron chi connectivity index (χ4n) is 2.39. The van der Waals surface area contributed by atoms with Gasteiger partial charge in [0.25, 0.3) is 0 Å². The highest BCUT2D eigenvalue weighted by atomic mass is 16.5. The number of nitrogens with zero attached hydrogens (tertiary/aromatic N) is 1. The van der Waals surface area contributed by atoms with E-state index in [0.717, 1.165) is 5.56 Å². The predicted octanol–water partition coefficient (Wildman–Crippen LogP) is 1.05. The highest BCUT2D eigenvalue weighted by Crippen LogP contribution is 2.23. The fourth-order valence-corrected chi connectivity index (χ4v) is 2.39. The molecule has 1 aliphatic rings. The Balaban J connectivity index is 2.05. The van der Waals surface area contributed by atoms with Crippen molar-refractivity contribution in [1.82, 2.24) is 4.90 Å². The van der Waals surface area contributed by atoms with Crippen molar-refractivity contribution in [2.24, 2.45) is 11.7 Å². The summed E-state index contributed by atoms with van der Waals surface area (Å²) in [6.07, 6.45) is 3.81. The number of methoxy groups -OCH3 is 2. The summed E-state index contributed by atoms with van der Waals surface area (Å²) in [5.41, 5.74) is 6.07. The number of hydrogen-bond donors (Lipinski definition) is 1. The fraction of sp³-hybridized carbons (Fsp3) is 0.375. The van der Waals surface area contributed by atoms with E-state index in [9.17, 15) is 9.59 Å². The number of likely N-dealkylation sites (tertiary alicyclic amines) is 1. The summed E-state index contributed by atoms with van der Waals surface area (Å²) >= 11 is 0. The molecule has 0 bridgehead atoms. The maximum atomic E-state index is 12.1. The van der Waals surface area contributed by atoms with Crippen molar-refractivity contribution in [3.63, 3.8) is 0 Å². The van der Waals surface area contributed by atoms with Crippen LogP contribution in [0.1, 0.15) is 12.0 Å². The molecule has 2 N–H and O–H groups in total. The Morgan fingerprint density at radius 1 is 1.23 bits per heavy atom. The first-order valence-corrected chi connectivity index (χ1v) is 7.03. The summed E-state index contributed by atoms with van der Waals surface area (Å²) in [5, 5.41) is 0. The molecule has 22 heavy (non-hydrogen) atoms. The van der Waals surface area contributed by atoms with Crippen LogP contribution in [-0.2, 0) is 9.59 Å². The maximum Gasteiger partial charge on any atom is 0.246 e. The molecule has 2 amide bonds. The minimum Gasteiger partial charge on any atom is -0.497 e. The molecule has 0 aliphatic carbocycles. The number of primary amides is 1. The lowest BCUT2D eigenvalue weighted by Gasteiger charge is -2.13. The Bertz CT molecular complexity index is 576. The van der Waals surface area contributed by atoms with Crippen LogP contribution in [-0.4, -0.2) is 44.0 Å². The van der Waals surface area contributed by atoms with E-state index in [2.05, 4.69) is 0 Å².